The highest BCUT2D eigenvalue weighted by molar-refractivity contribution is 7.98. The summed E-state index contributed by atoms with van der Waals surface area (Å²) in [6.07, 6.45) is 1.81. The minimum absolute atomic E-state index is 0.0563. The van der Waals surface area contributed by atoms with Crippen molar-refractivity contribution in [3.63, 3.8) is 0 Å². The zero-order valence-corrected chi connectivity index (χ0v) is 19.7. The fourth-order valence-electron chi connectivity index (χ4n) is 3.35. The molecule has 4 aromatic rings. The Hall–Kier alpha value is -3.36. The van der Waals surface area contributed by atoms with E-state index in [2.05, 4.69) is 20.8 Å². The Morgan fingerprint density at radius 2 is 1.70 bits per heavy atom. The lowest BCUT2D eigenvalue weighted by Gasteiger charge is -2.09. The van der Waals surface area contributed by atoms with Crippen molar-refractivity contribution < 1.29 is 9.59 Å². The van der Waals surface area contributed by atoms with Crippen LogP contribution >= 0.6 is 23.4 Å². The van der Waals surface area contributed by atoms with Crippen LogP contribution in [0.15, 0.2) is 66.0 Å². The smallest absolute Gasteiger partial charge is 0.269 e. The first-order valence-electron chi connectivity index (χ1n) is 10.2. The first-order valence-corrected chi connectivity index (χ1v) is 11.6. The molecular formula is C24H22ClN5O2S. The van der Waals surface area contributed by atoms with Crippen LogP contribution in [0.2, 0.25) is 5.02 Å². The maximum Gasteiger partial charge on any atom is 0.269 e. The number of carbonyl (C=O) groups is 2. The van der Waals surface area contributed by atoms with Gasteiger partial charge < -0.3 is 4.57 Å². The van der Waals surface area contributed by atoms with E-state index < -0.39 is 0 Å². The Kier molecular flexibility index (Phi) is 6.96. The number of nitrogens with zero attached hydrogens (tertiary/aromatic N) is 3. The third kappa shape index (κ3) is 5.91. The van der Waals surface area contributed by atoms with Gasteiger partial charge in [-0.05, 0) is 61.2 Å². The first-order chi connectivity index (χ1) is 15.9. The molecule has 0 saturated carbocycles. The Labute approximate surface area is 200 Å². The summed E-state index contributed by atoms with van der Waals surface area (Å²) in [7, 11) is 0. The van der Waals surface area contributed by atoms with E-state index in [0.29, 0.717) is 16.3 Å². The molecule has 2 aromatic heterocycles. The predicted molar refractivity (Wildman–Crippen MR) is 130 cm³/mol. The summed E-state index contributed by atoms with van der Waals surface area (Å²) < 4.78 is 1.77. The molecular weight excluding hydrogens is 458 g/mol. The summed E-state index contributed by atoms with van der Waals surface area (Å²) in [5, 5.41) is 2.31. The zero-order chi connectivity index (χ0) is 23.4. The molecule has 0 aliphatic heterocycles. The number of thioether (sulfide) groups is 1. The van der Waals surface area contributed by atoms with Gasteiger partial charge in [0, 0.05) is 39.4 Å². The quantitative estimate of drug-likeness (QED) is 0.242. The fourth-order valence-corrected chi connectivity index (χ4v) is 4.42. The maximum atomic E-state index is 12.4. The molecule has 9 heteroatoms. The number of hydrazine groups is 1. The normalized spacial score (nSPS) is 10.9. The standard InChI is InChI=1S/C24H22ClN5O2S/c1-15-11-16(2)27-24(26-15)33-14-17-3-5-19(6-4-17)23(32)29-28-22(31)13-30-10-9-18-7-8-20(25)12-21(18)30/h3-12H,13-14H2,1-2H3,(H,28,31)(H,29,32). The molecule has 0 saturated heterocycles. The Bertz CT molecular complexity index is 1300. The molecule has 2 heterocycles. The van der Waals surface area contributed by atoms with Gasteiger partial charge in [0.05, 0.1) is 0 Å². The third-order valence-electron chi connectivity index (χ3n) is 4.91. The van der Waals surface area contributed by atoms with Crippen molar-refractivity contribution in [2.24, 2.45) is 0 Å². The van der Waals surface area contributed by atoms with E-state index in [1.54, 1.807) is 40.6 Å². The number of aromatic nitrogens is 3. The van der Waals surface area contributed by atoms with Crippen LogP contribution in [0.5, 0.6) is 0 Å². The van der Waals surface area contributed by atoms with Gasteiger partial charge in [-0.15, -0.1) is 0 Å². The van der Waals surface area contributed by atoms with Crippen molar-refractivity contribution in [3.8, 4) is 0 Å². The van der Waals surface area contributed by atoms with Crippen LogP contribution in [0.3, 0.4) is 0 Å². The van der Waals surface area contributed by atoms with E-state index >= 15 is 0 Å². The summed E-state index contributed by atoms with van der Waals surface area (Å²) in [5.74, 6) is -0.0426. The van der Waals surface area contributed by atoms with Gasteiger partial charge in [-0.25, -0.2) is 9.97 Å². The number of rotatable bonds is 6. The second-order valence-electron chi connectivity index (χ2n) is 7.57. The maximum absolute atomic E-state index is 12.4. The van der Waals surface area contributed by atoms with Gasteiger partial charge in [-0.2, -0.15) is 0 Å². The van der Waals surface area contributed by atoms with Gasteiger partial charge in [0.1, 0.15) is 6.54 Å². The average Bonchev–Trinajstić information content (AvgIpc) is 3.17. The highest BCUT2D eigenvalue weighted by Gasteiger charge is 2.10. The van der Waals surface area contributed by atoms with Crippen molar-refractivity contribution in [2.45, 2.75) is 31.3 Å². The molecule has 2 aromatic carbocycles. The monoisotopic (exact) mass is 479 g/mol. The predicted octanol–water partition coefficient (Wildman–Crippen LogP) is 4.46. The number of aryl methyl sites for hydroxylation is 2. The molecule has 0 unspecified atom stereocenters. The zero-order valence-electron chi connectivity index (χ0n) is 18.1. The second-order valence-corrected chi connectivity index (χ2v) is 8.95. The topological polar surface area (TPSA) is 88.9 Å². The molecule has 0 aliphatic rings. The van der Waals surface area contributed by atoms with Gasteiger partial charge in [-0.1, -0.05) is 41.6 Å². The molecule has 0 spiro atoms. The van der Waals surface area contributed by atoms with E-state index in [4.69, 9.17) is 11.6 Å². The van der Waals surface area contributed by atoms with Crippen molar-refractivity contribution >= 4 is 46.1 Å². The lowest BCUT2D eigenvalue weighted by molar-refractivity contribution is -0.122. The Balaban J connectivity index is 1.29. The van der Waals surface area contributed by atoms with Crippen molar-refractivity contribution in [2.75, 3.05) is 0 Å². The molecule has 2 N–H and O–H groups in total. The minimum atomic E-state index is -0.388. The number of hydrogen-bond acceptors (Lipinski definition) is 5. The molecule has 4 rings (SSSR count). The number of benzene rings is 2. The number of hydrogen-bond donors (Lipinski definition) is 2. The van der Waals surface area contributed by atoms with Crippen LogP contribution < -0.4 is 10.9 Å². The summed E-state index contributed by atoms with van der Waals surface area (Å²) in [6, 6.07) is 16.5. The van der Waals surface area contributed by atoms with Crippen molar-refractivity contribution in [1.82, 2.24) is 25.4 Å². The van der Waals surface area contributed by atoms with Gasteiger partial charge in [0.25, 0.3) is 11.8 Å². The van der Waals surface area contributed by atoms with Gasteiger partial charge in [0.2, 0.25) is 0 Å². The summed E-state index contributed by atoms with van der Waals surface area (Å²) in [5.41, 5.74) is 9.13. The molecule has 33 heavy (non-hydrogen) atoms. The van der Waals surface area contributed by atoms with E-state index in [0.717, 1.165) is 33.0 Å². The van der Waals surface area contributed by atoms with Crippen LogP contribution in [-0.2, 0) is 17.1 Å². The van der Waals surface area contributed by atoms with Crippen molar-refractivity contribution in [1.29, 1.82) is 0 Å². The highest BCUT2D eigenvalue weighted by atomic mass is 35.5. The minimum Gasteiger partial charge on any atom is -0.338 e. The second kappa shape index (κ2) is 10.1. The summed E-state index contributed by atoms with van der Waals surface area (Å²) in [6.45, 7) is 3.95. The largest absolute Gasteiger partial charge is 0.338 e. The molecule has 0 radical (unpaired) electrons. The number of nitrogens with one attached hydrogen (secondary N) is 2. The number of amides is 2. The van der Waals surface area contributed by atoms with Crippen LogP contribution in [-0.4, -0.2) is 26.3 Å². The number of halogens is 1. The molecule has 168 valence electrons. The lowest BCUT2D eigenvalue weighted by atomic mass is 10.1. The van der Waals surface area contributed by atoms with Crippen molar-refractivity contribution in [3.05, 3.63) is 88.3 Å². The van der Waals surface area contributed by atoms with E-state index in [-0.39, 0.29) is 18.4 Å². The summed E-state index contributed by atoms with van der Waals surface area (Å²) >= 11 is 7.59. The van der Waals surface area contributed by atoms with Crippen LogP contribution in [0, 0.1) is 13.8 Å². The van der Waals surface area contributed by atoms with Gasteiger partial charge in [0.15, 0.2) is 5.16 Å². The molecule has 7 nitrogen and oxygen atoms in total. The van der Waals surface area contributed by atoms with Crippen LogP contribution in [0.4, 0.5) is 0 Å². The number of carbonyl (C=O) groups excluding carboxylic acids is 2. The van der Waals surface area contributed by atoms with E-state index in [1.165, 1.54) is 0 Å². The van der Waals surface area contributed by atoms with Gasteiger partial charge >= 0.3 is 0 Å². The average molecular weight is 480 g/mol. The van der Waals surface area contributed by atoms with Crippen LogP contribution in [0.25, 0.3) is 10.9 Å². The molecule has 0 fully saturated rings. The summed E-state index contributed by atoms with van der Waals surface area (Å²) in [4.78, 5) is 33.5. The molecule has 0 bridgehead atoms. The highest BCUT2D eigenvalue weighted by Crippen LogP contribution is 2.21. The molecule has 2 amide bonds. The molecule has 0 aliphatic carbocycles. The fraction of sp³-hybridized carbons (Fsp3) is 0.167. The Morgan fingerprint density at radius 1 is 0.970 bits per heavy atom. The molecule has 0 atom stereocenters. The third-order valence-corrected chi connectivity index (χ3v) is 6.06. The van der Waals surface area contributed by atoms with E-state index in [1.807, 2.05) is 50.4 Å². The van der Waals surface area contributed by atoms with E-state index in [9.17, 15) is 9.59 Å². The number of fused-ring (bicyclic) bond motifs is 1. The SMILES string of the molecule is Cc1cc(C)nc(SCc2ccc(C(=O)NNC(=O)Cn3ccc4ccc(Cl)cc43)cc2)n1. The first kappa shape index (κ1) is 22.8. The van der Waals surface area contributed by atoms with Crippen LogP contribution in [0.1, 0.15) is 27.3 Å². The van der Waals surface area contributed by atoms with Gasteiger partial charge in [-0.3, -0.25) is 20.4 Å². The lowest BCUT2D eigenvalue weighted by Crippen LogP contribution is -2.43. The Morgan fingerprint density at radius 3 is 2.42 bits per heavy atom.